The maximum absolute atomic E-state index is 12.0. The van der Waals surface area contributed by atoms with Gasteiger partial charge in [0.1, 0.15) is 11.6 Å². The number of carbonyl (C=O) groups is 1. The third kappa shape index (κ3) is 2.85. The molecule has 0 saturated heterocycles. The van der Waals surface area contributed by atoms with Gasteiger partial charge in [0.25, 0.3) is 5.91 Å². The fourth-order valence-corrected chi connectivity index (χ4v) is 1.56. The Balaban J connectivity index is 2.16. The van der Waals surface area contributed by atoms with Crippen LogP contribution in [0.2, 0.25) is 0 Å². The van der Waals surface area contributed by atoms with Gasteiger partial charge in [-0.25, -0.2) is 4.98 Å². The molecule has 0 unspecified atom stereocenters. The Labute approximate surface area is 106 Å². The summed E-state index contributed by atoms with van der Waals surface area (Å²) in [6, 6.07) is 10.7. The van der Waals surface area contributed by atoms with Gasteiger partial charge in [0.05, 0.1) is 7.11 Å². The van der Waals surface area contributed by atoms with E-state index < -0.39 is 0 Å². The third-order valence-corrected chi connectivity index (χ3v) is 2.49. The van der Waals surface area contributed by atoms with Crippen LogP contribution in [0.4, 0.5) is 5.82 Å². The topological polar surface area (TPSA) is 51.2 Å². The molecular weight excluding hydrogens is 228 g/mol. The highest BCUT2D eigenvalue weighted by Crippen LogP contribution is 2.14. The molecule has 0 fully saturated rings. The number of ether oxygens (including phenoxy) is 1. The van der Waals surface area contributed by atoms with E-state index >= 15 is 0 Å². The van der Waals surface area contributed by atoms with E-state index in [0.29, 0.717) is 17.1 Å². The molecule has 1 heterocycles. The van der Waals surface area contributed by atoms with E-state index in [-0.39, 0.29) is 5.91 Å². The van der Waals surface area contributed by atoms with Crippen LogP contribution in [0.25, 0.3) is 0 Å². The second-order valence-corrected chi connectivity index (χ2v) is 3.90. The number of nitrogens with one attached hydrogen (secondary N) is 1. The van der Waals surface area contributed by atoms with Crippen molar-refractivity contribution in [3.63, 3.8) is 0 Å². The zero-order valence-corrected chi connectivity index (χ0v) is 10.3. The minimum Gasteiger partial charge on any atom is -0.497 e. The molecule has 0 saturated carbocycles. The summed E-state index contributed by atoms with van der Waals surface area (Å²) in [5.74, 6) is 0.995. The molecule has 1 aromatic heterocycles. The van der Waals surface area contributed by atoms with E-state index in [1.165, 1.54) is 0 Å². The van der Waals surface area contributed by atoms with Crippen molar-refractivity contribution >= 4 is 11.7 Å². The average Bonchev–Trinajstić information content (AvgIpc) is 2.39. The first-order chi connectivity index (χ1) is 8.69. The molecule has 0 aliphatic rings. The molecule has 4 nitrogen and oxygen atoms in total. The molecule has 0 aliphatic heterocycles. The number of aryl methyl sites for hydroxylation is 1. The predicted molar refractivity (Wildman–Crippen MR) is 69.9 cm³/mol. The van der Waals surface area contributed by atoms with E-state index in [2.05, 4.69) is 10.3 Å². The highest BCUT2D eigenvalue weighted by Gasteiger charge is 2.07. The van der Waals surface area contributed by atoms with Crippen molar-refractivity contribution in [1.82, 2.24) is 4.98 Å². The minimum atomic E-state index is -0.202. The van der Waals surface area contributed by atoms with Crippen LogP contribution in [0.3, 0.4) is 0 Å². The average molecular weight is 242 g/mol. The lowest BCUT2D eigenvalue weighted by Crippen LogP contribution is -2.12. The maximum Gasteiger partial charge on any atom is 0.256 e. The van der Waals surface area contributed by atoms with Gasteiger partial charge >= 0.3 is 0 Å². The van der Waals surface area contributed by atoms with E-state index in [1.807, 2.05) is 19.1 Å². The predicted octanol–water partition coefficient (Wildman–Crippen LogP) is 2.65. The number of hydrogen-bond acceptors (Lipinski definition) is 3. The van der Waals surface area contributed by atoms with Crippen molar-refractivity contribution in [3.05, 3.63) is 53.7 Å². The molecule has 2 rings (SSSR count). The third-order valence-electron chi connectivity index (χ3n) is 2.49. The van der Waals surface area contributed by atoms with Gasteiger partial charge in [0.2, 0.25) is 0 Å². The molecule has 1 aromatic carbocycles. The molecule has 1 amide bonds. The van der Waals surface area contributed by atoms with Gasteiger partial charge in [0.15, 0.2) is 0 Å². The first-order valence-electron chi connectivity index (χ1n) is 5.57. The molecule has 4 heteroatoms. The van der Waals surface area contributed by atoms with E-state index in [1.54, 1.807) is 37.6 Å². The normalized spacial score (nSPS) is 9.89. The number of benzene rings is 1. The quantitative estimate of drug-likeness (QED) is 0.900. The second kappa shape index (κ2) is 5.31. The van der Waals surface area contributed by atoms with Gasteiger partial charge in [-0.2, -0.15) is 0 Å². The number of rotatable bonds is 3. The maximum atomic E-state index is 12.0. The van der Waals surface area contributed by atoms with Gasteiger partial charge in [-0.3, -0.25) is 4.79 Å². The molecule has 92 valence electrons. The Hall–Kier alpha value is -2.36. The zero-order chi connectivity index (χ0) is 13.0. The van der Waals surface area contributed by atoms with Gasteiger partial charge in [-0.1, -0.05) is 6.07 Å². The van der Waals surface area contributed by atoms with Crippen molar-refractivity contribution in [2.75, 3.05) is 12.4 Å². The lowest BCUT2D eigenvalue weighted by Gasteiger charge is -2.06. The zero-order valence-electron chi connectivity index (χ0n) is 10.3. The van der Waals surface area contributed by atoms with Crippen LogP contribution in [-0.4, -0.2) is 18.0 Å². The Bertz CT molecular complexity index is 567. The molecule has 0 atom stereocenters. The Kier molecular flexibility index (Phi) is 3.57. The summed E-state index contributed by atoms with van der Waals surface area (Å²) in [5.41, 5.74) is 1.59. The number of anilines is 1. The molecule has 0 bridgehead atoms. The van der Waals surface area contributed by atoms with Crippen LogP contribution in [-0.2, 0) is 0 Å². The second-order valence-electron chi connectivity index (χ2n) is 3.90. The molecule has 1 N–H and O–H groups in total. The highest BCUT2D eigenvalue weighted by atomic mass is 16.5. The molecule has 2 aromatic rings. The smallest absolute Gasteiger partial charge is 0.256 e. The van der Waals surface area contributed by atoms with Crippen LogP contribution in [0.1, 0.15) is 15.9 Å². The number of amides is 1. The summed E-state index contributed by atoms with van der Waals surface area (Å²) in [4.78, 5) is 16.1. The van der Waals surface area contributed by atoms with Gasteiger partial charge in [-0.05, 0) is 42.8 Å². The number of carbonyl (C=O) groups excluding carboxylic acids is 1. The standard InChI is InChI=1S/C14H14N2O2/c1-10-6-7-15-13(8-10)16-14(17)11-4-3-5-12(9-11)18-2/h3-9H,1-2H3,(H,15,16,17). The summed E-state index contributed by atoms with van der Waals surface area (Å²) < 4.78 is 5.08. The first kappa shape index (κ1) is 12.1. The van der Waals surface area contributed by atoms with Crippen LogP contribution < -0.4 is 10.1 Å². The van der Waals surface area contributed by atoms with Crippen molar-refractivity contribution < 1.29 is 9.53 Å². The van der Waals surface area contributed by atoms with Gasteiger partial charge in [-0.15, -0.1) is 0 Å². The SMILES string of the molecule is COc1cccc(C(=O)Nc2cc(C)ccn2)c1. The van der Waals surface area contributed by atoms with E-state index in [0.717, 1.165) is 5.56 Å². The van der Waals surface area contributed by atoms with Gasteiger partial charge in [0, 0.05) is 11.8 Å². The number of hydrogen-bond donors (Lipinski definition) is 1. The van der Waals surface area contributed by atoms with Crippen molar-refractivity contribution in [1.29, 1.82) is 0 Å². The lowest BCUT2D eigenvalue weighted by atomic mass is 10.2. The van der Waals surface area contributed by atoms with E-state index in [4.69, 9.17) is 4.74 Å². The minimum absolute atomic E-state index is 0.202. The fourth-order valence-electron chi connectivity index (χ4n) is 1.56. The summed E-state index contributed by atoms with van der Waals surface area (Å²) in [6.45, 7) is 1.95. The number of nitrogens with zero attached hydrogens (tertiary/aromatic N) is 1. The molecule has 18 heavy (non-hydrogen) atoms. The Morgan fingerprint density at radius 3 is 2.83 bits per heavy atom. The summed E-state index contributed by atoms with van der Waals surface area (Å²) >= 11 is 0. The number of methoxy groups -OCH3 is 1. The van der Waals surface area contributed by atoms with Crippen LogP contribution in [0, 0.1) is 6.92 Å². The van der Waals surface area contributed by atoms with Gasteiger partial charge < -0.3 is 10.1 Å². The summed E-state index contributed by atoms with van der Waals surface area (Å²) in [5, 5.41) is 2.74. The highest BCUT2D eigenvalue weighted by molar-refractivity contribution is 6.04. The Morgan fingerprint density at radius 1 is 1.28 bits per heavy atom. The Morgan fingerprint density at radius 2 is 2.11 bits per heavy atom. The lowest BCUT2D eigenvalue weighted by molar-refractivity contribution is 0.102. The van der Waals surface area contributed by atoms with Crippen molar-refractivity contribution in [2.24, 2.45) is 0 Å². The number of pyridine rings is 1. The first-order valence-corrected chi connectivity index (χ1v) is 5.57. The monoisotopic (exact) mass is 242 g/mol. The van der Waals surface area contributed by atoms with Crippen LogP contribution in [0.15, 0.2) is 42.6 Å². The fraction of sp³-hybridized carbons (Fsp3) is 0.143. The summed E-state index contributed by atoms with van der Waals surface area (Å²) in [7, 11) is 1.57. The number of aromatic nitrogens is 1. The molecule has 0 aliphatic carbocycles. The van der Waals surface area contributed by atoms with Crippen molar-refractivity contribution in [3.8, 4) is 5.75 Å². The van der Waals surface area contributed by atoms with Crippen LogP contribution in [0.5, 0.6) is 5.75 Å². The van der Waals surface area contributed by atoms with Crippen LogP contribution >= 0.6 is 0 Å². The molecule has 0 radical (unpaired) electrons. The molecular formula is C14H14N2O2. The van der Waals surface area contributed by atoms with E-state index in [9.17, 15) is 4.79 Å². The van der Waals surface area contributed by atoms with Crippen molar-refractivity contribution in [2.45, 2.75) is 6.92 Å². The largest absolute Gasteiger partial charge is 0.497 e. The molecule has 0 spiro atoms. The summed E-state index contributed by atoms with van der Waals surface area (Å²) in [6.07, 6.45) is 1.66.